The van der Waals surface area contributed by atoms with E-state index >= 15 is 0 Å². The maximum absolute atomic E-state index is 5.51. The van der Waals surface area contributed by atoms with Crippen LogP contribution in [0.15, 0.2) is 35.8 Å². The van der Waals surface area contributed by atoms with E-state index in [0.29, 0.717) is 6.61 Å². The second-order valence-corrected chi connectivity index (χ2v) is 4.34. The van der Waals surface area contributed by atoms with Crippen molar-refractivity contribution in [3.63, 3.8) is 0 Å². The van der Waals surface area contributed by atoms with E-state index in [1.807, 2.05) is 25.3 Å². The molecular formula is C13H13NOS. The summed E-state index contributed by atoms with van der Waals surface area (Å²) in [4.78, 5) is 1.24. The highest BCUT2D eigenvalue weighted by Gasteiger charge is 2.10. The number of hydrogen-bond acceptors (Lipinski definition) is 2. The molecule has 2 aromatic rings. The van der Waals surface area contributed by atoms with Crippen molar-refractivity contribution in [3.05, 3.63) is 35.8 Å². The number of thiophene rings is 1. The molecule has 0 aliphatic heterocycles. The van der Waals surface area contributed by atoms with Gasteiger partial charge in [0.15, 0.2) is 0 Å². The fourth-order valence-electron chi connectivity index (χ4n) is 1.59. The van der Waals surface area contributed by atoms with Gasteiger partial charge in [-0.05, 0) is 30.5 Å². The van der Waals surface area contributed by atoms with E-state index < -0.39 is 0 Å². The van der Waals surface area contributed by atoms with Crippen LogP contribution in [0, 0.1) is 12.3 Å². The Morgan fingerprint density at radius 1 is 1.50 bits per heavy atom. The summed E-state index contributed by atoms with van der Waals surface area (Å²) in [6, 6.07) is 8.25. The average Bonchev–Trinajstić information content (AvgIpc) is 2.94. The molecule has 0 bridgehead atoms. The van der Waals surface area contributed by atoms with Gasteiger partial charge in [0.2, 0.25) is 0 Å². The lowest BCUT2D eigenvalue weighted by atomic mass is 10.3. The predicted octanol–water partition coefficient (Wildman–Crippen LogP) is 3.38. The summed E-state index contributed by atoms with van der Waals surface area (Å²) in [5, 5.41) is 2.07. The van der Waals surface area contributed by atoms with E-state index in [0.717, 1.165) is 0 Å². The van der Waals surface area contributed by atoms with Gasteiger partial charge >= 0.3 is 0 Å². The average molecular weight is 231 g/mol. The molecule has 0 saturated heterocycles. The highest BCUT2D eigenvalue weighted by Crippen LogP contribution is 2.27. The molecule has 3 heteroatoms. The van der Waals surface area contributed by atoms with Crippen LogP contribution in [0.1, 0.15) is 13.2 Å². The molecule has 0 radical (unpaired) electrons. The Bertz CT molecular complexity index is 478. The number of nitrogens with zero attached hydrogens (tertiary/aromatic N) is 1. The molecule has 0 saturated carbocycles. The Labute approximate surface area is 99.5 Å². The normalized spacial score (nSPS) is 12.2. The van der Waals surface area contributed by atoms with Crippen molar-refractivity contribution in [3.8, 4) is 22.9 Å². The molecule has 0 spiro atoms. The summed E-state index contributed by atoms with van der Waals surface area (Å²) in [5.41, 5.74) is 1.17. The molecule has 2 heterocycles. The number of rotatable bonds is 4. The SMILES string of the molecule is C#CCO[C@H](C)n1cccc1-c1cccs1. The zero-order valence-corrected chi connectivity index (χ0v) is 9.91. The van der Waals surface area contributed by atoms with E-state index in [-0.39, 0.29) is 6.23 Å². The number of ether oxygens (including phenoxy) is 1. The lowest BCUT2D eigenvalue weighted by Crippen LogP contribution is -2.09. The molecule has 0 aromatic carbocycles. The van der Waals surface area contributed by atoms with Crippen LogP contribution in [-0.2, 0) is 4.74 Å². The van der Waals surface area contributed by atoms with Gasteiger partial charge in [0.1, 0.15) is 12.8 Å². The first kappa shape index (κ1) is 11.0. The van der Waals surface area contributed by atoms with Gasteiger partial charge < -0.3 is 9.30 Å². The molecule has 0 aliphatic rings. The second-order valence-electron chi connectivity index (χ2n) is 3.39. The molecule has 0 amide bonds. The van der Waals surface area contributed by atoms with Gasteiger partial charge in [0.05, 0.1) is 10.6 Å². The Hall–Kier alpha value is -1.50. The van der Waals surface area contributed by atoms with E-state index in [9.17, 15) is 0 Å². The number of aromatic nitrogens is 1. The van der Waals surface area contributed by atoms with Crippen LogP contribution in [0.2, 0.25) is 0 Å². The first-order chi connectivity index (χ1) is 7.83. The molecular weight excluding hydrogens is 218 g/mol. The molecule has 0 unspecified atom stereocenters. The minimum atomic E-state index is -0.0388. The Morgan fingerprint density at radius 2 is 2.38 bits per heavy atom. The van der Waals surface area contributed by atoms with Crippen molar-refractivity contribution in [1.29, 1.82) is 0 Å². The van der Waals surface area contributed by atoms with Crippen molar-refractivity contribution < 1.29 is 4.74 Å². The highest BCUT2D eigenvalue weighted by atomic mass is 32.1. The van der Waals surface area contributed by atoms with Gasteiger partial charge in [-0.2, -0.15) is 0 Å². The van der Waals surface area contributed by atoms with Gasteiger partial charge in [-0.25, -0.2) is 0 Å². The van der Waals surface area contributed by atoms with E-state index in [2.05, 4.69) is 28.0 Å². The second kappa shape index (κ2) is 5.02. The van der Waals surface area contributed by atoms with Crippen LogP contribution >= 0.6 is 11.3 Å². The molecule has 82 valence electrons. The van der Waals surface area contributed by atoms with Gasteiger partial charge in [-0.3, -0.25) is 0 Å². The zero-order chi connectivity index (χ0) is 11.4. The molecule has 0 aliphatic carbocycles. The quantitative estimate of drug-likeness (QED) is 0.736. The lowest BCUT2D eigenvalue weighted by molar-refractivity contribution is 0.0397. The number of terminal acetylenes is 1. The monoisotopic (exact) mass is 231 g/mol. The van der Waals surface area contributed by atoms with Crippen LogP contribution in [-0.4, -0.2) is 11.2 Å². The van der Waals surface area contributed by atoms with Crippen LogP contribution in [0.5, 0.6) is 0 Å². The van der Waals surface area contributed by atoms with Crippen LogP contribution in [0.4, 0.5) is 0 Å². The minimum Gasteiger partial charge on any atom is -0.346 e. The fraction of sp³-hybridized carbons (Fsp3) is 0.231. The maximum atomic E-state index is 5.51. The predicted molar refractivity (Wildman–Crippen MR) is 67.2 cm³/mol. The molecule has 0 N–H and O–H groups in total. The fourth-order valence-corrected chi connectivity index (χ4v) is 2.35. The summed E-state index contributed by atoms with van der Waals surface area (Å²) >= 11 is 1.72. The summed E-state index contributed by atoms with van der Waals surface area (Å²) < 4.78 is 7.59. The zero-order valence-electron chi connectivity index (χ0n) is 9.09. The van der Waals surface area contributed by atoms with Gasteiger partial charge in [-0.15, -0.1) is 17.8 Å². The Balaban J connectivity index is 2.23. The van der Waals surface area contributed by atoms with Crippen molar-refractivity contribution in [2.45, 2.75) is 13.2 Å². The van der Waals surface area contributed by atoms with Crippen molar-refractivity contribution in [2.75, 3.05) is 6.61 Å². The first-order valence-corrected chi connectivity index (χ1v) is 5.96. The van der Waals surface area contributed by atoms with Crippen molar-refractivity contribution in [1.82, 2.24) is 4.57 Å². The van der Waals surface area contributed by atoms with Gasteiger partial charge in [-0.1, -0.05) is 12.0 Å². The smallest absolute Gasteiger partial charge is 0.132 e. The van der Waals surface area contributed by atoms with Gasteiger partial charge in [0.25, 0.3) is 0 Å². The van der Waals surface area contributed by atoms with Crippen LogP contribution in [0.25, 0.3) is 10.6 Å². The third-order valence-electron chi connectivity index (χ3n) is 2.35. The summed E-state index contributed by atoms with van der Waals surface area (Å²) in [7, 11) is 0. The third kappa shape index (κ3) is 2.19. The summed E-state index contributed by atoms with van der Waals surface area (Å²) in [6.45, 7) is 2.33. The van der Waals surface area contributed by atoms with Crippen LogP contribution in [0.3, 0.4) is 0 Å². The summed E-state index contributed by atoms with van der Waals surface area (Å²) in [5.74, 6) is 2.48. The Morgan fingerprint density at radius 3 is 3.06 bits per heavy atom. The number of hydrogen-bond donors (Lipinski definition) is 0. The third-order valence-corrected chi connectivity index (χ3v) is 3.24. The van der Waals surface area contributed by atoms with Crippen molar-refractivity contribution >= 4 is 11.3 Å². The molecule has 2 nitrogen and oxygen atoms in total. The van der Waals surface area contributed by atoms with Crippen LogP contribution < -0.4 is 0 Å². The molecule has 1 atom stereocenters. The van der Waals surface area contributed by atoms with Gasteiger partial charge in [0, 0.05) is 6.20 Å². The first-order valence-electron chi connectivity index (χ1n) is 5.08. The lowest BCUT2D eigenvalue weighted by Gasteiger charge is -2.16. The Kier molecular flexibility index (Phi) is 3.45. The van der Waals surface area contributed by atoms with Crippen molar-refractivity contribution in [2.24, 2.45) is 0 Å². The molecule has 2 rings (SSSR count). The van der Waals surface area contributed by atoms with E-state index in [4.69, 9.17) is 11.2 Å². The maximum Gasteiger partial charge on any atom is 0.132 e. The standard InChI is InChI=1S/C13H13NOS/c1-3-9-15-11(2)14-8-4-6-12(14)13-7-5-10-16-13/h1,4-8,10-11H,9H2,2H3/t11-/m1/s1. The molecule has 0 fully saturated rings. The van der Waals surface area contributed by atoms with E-state index in [1.165, 1.54) is 10.6 Å². The molecule has 16 heavy (non-hydrogen) atoms. The topological polar surface area (TPSA) is 14.2 Å². The minimum absolute atomic E-state index is 0.0388. The highest BCUT2D eigenvalue weighted by molar-refractivity contribution is 7.13. The summed E-state index contributed by atoms with van der Waals surface area (Å²) in [6.07, 6.45) is 7.15. The van der Waals surface area contributed by atoms with E-state index in [1.54, 1.807) is 11.3 Å². The molecule has 2 aromatic heterocycles. The largest absolute Gasteiger partial charge is 0.346 e.